The van der Waals surface area contributed by atoms with E-state index in [-0.39, 0.29) is 0 Å². The minimum absolute atomic E-state index is 0.331. The zero-order chi connectivity index (χ0) is 28.9. The van der Waals surface area contributed by atoms with Crippen molar-refractivity contribution in [3.63, 3.8) is 0 Å². The van der Waals surface area contributed by atoms with Crippen LogP contribution in [0.3, 0.4) is 0 Å². The maximum atomic E-state index is 14.0. The number of amides is 2. The van der Waals surface area contributed by atoms with Gasteiger partial charge in [0.1, 0.15) is 11.7 Å². The van der Waals surface area contributed by atoms with Crippen LogP contribution in [0.4, 0.5) is 5.69 Å². The van der Waals surface area contributed by atoms with Crippen LogP contribution in [0.1, 0.15) is 33.2 Å². The molecule has 8 nitrogen and oxygen atoms in total. The predicted molar refractivity (Wildman–Crippen MR) is 158 cm³/mol. The monoisotopic (exact) mass is 565 g/mol. The standard InChI is InChI=1S/C32H28ClN5O3/c1-21-28(26(33)18-20-38(21)41)24-13-15-25(16-14-24)35-32(40)30(36-31(39)27-17-19-34-37(27)2)29(22-9-5-3-6-10-22)23-11-7-4-8-12-23/h3-20,29-30H,1-2H3,(H,35,40)(H,36,39)/t30-/m0/s1. The van der Waals surface area contributed by atoms with Gasteiger partial charge in [0.15, 0.2) is 11.9 Å². The van der Waals surface area contributed by atoms with Gasteiger partial charge in [-0.1, -0.05) is 84.4 Å². The van der Waals surface area contributed by atoms with Gasteiger partial charge in [-0.05, 0) is 34.9 Å². The Morgan fingerprint density at radius 1 is 0.902 bits per heavy atom. The van der Waals surface area contributed by atoms with E-state index in [1.165, 1.54) is 17.1 Å². The second-order valence-corrected chi connectivity index (χ2v) is 10.0. The highest BCUT2D eigenvalue weighted by Crippen LogP contribution is 2.32. The third-order valence-corrected chi connectivity index (χ3v) is 7.32. The van der Waals surface area contributed by atoms with Gasteiger partial charge < -0.3 is 15.8 Å². The quantitative estimate of drug-likeness (QED) is 0.198. The first-order chi connectivity index (χ1) is 19.8. The van der Waals surface area contributed by atoms with Crippen LogP contribution < -0.4 is 15.4 Å². The molecule has 3 aromatic carbocycles. The second-order valence-electron chi connectivity index (χ2n) is 9.61. The third kappa shape index (κ3) is 5.97. The second kappa shape index (κ2) is 12.1. The molecule has 0 fully saturated rings. The van der Waals surface area contributed by atoms with Gasteiger partial charge in [0, 0.05) is 37.8 Å². The van der Waals surface area contributed by atoms with E-state index in [4.69, 9.17) is 11.6 Å². The lowest BCUT2D eigenvalue weighted by atomic mass is 9.84. The van der Waals surface area contributed by atoms with Gasteiger partial charge in [-0.3, -0.25) is 14.3 Å². The summed E-state index contributed by atoms with van der Waals surface area (Å²) < 4.78 is 2.23. The Morgan fingerprint density at radius 3 is 2.07 bits per heavy atom. The zero-order valence-electron chi connectivity index (χ0n) is 22.5. The SMILES string of the molecule is Cc1c(-c2ccc(NC(=O)[C@@H](NC(=O)c3ccnn3C)C(c3ccccc3)c3ccccc3)cc2)c(Cl)cc[n+]1[O-]. The fourth-order valence-corrected chi connectivity index (χ4v) is 5.21. The van der Waals surface area contributed by atoms with E-state index in [9.17, 15) is 14.8 Å². The summed E-state index contributed by atoms with van der Waals surface area (Å²) in [5.41, 5.74) is 4.44. The molecule has 2 amide bonds. The smallest absolute Gasteiger partial charge is 0.270 e. The lowest BCUT2D eigenvalue weighted by Crippen LogP contribution is -2.48. The normalized spacial score (nSPS) is 11.7. The minimum Gasteiger partial charge on any atom is -0.618 e. The Labute approximate surface area is 242 Å². The molecule has 1 atom stereocenters. The molecule has 0 spiro atoms. The summed E-state index contributed by atoms with van der Waals surface area (Å²) in [7, 11) is 1.67. The maximum Gasteiger partial charge on any atom is 0.270 e. The van der Waals surface area contributed by atoms with E-state index in [2.05, 4.69) is 15.7 Å². The number of hydrogen-bond donors (Lipinski definition) is 2. The van der Waals surface area contributed by atoms with Gasteiger partial charge in [-0.25, -0.2) is 0 Å². The van der Waals surface area contributed by atoms with Gasteiger partial charge >= 0.3 is 0 Å². The van der Waals surface area contributed by atoms with Crippen LogP contribution in [0.2, 0.25) is 5.02 Å². The van der Waals surface area contributed by atoms with Gasteiger partial charge in [0.05, 0.1) is 10.6 Å². The molecule has 0 unspecified atom stereocenters. The first kappa shape index (κ1) is 27.6. The van der Waals surface area contributed by atoms with Crippen LogP contribution in [0.25, 0.3) is 11.1 Å². The number of anilines is 1. The molecule has 0 aliphatic rings. The average Bonchev–Trinajstić information content (AvgIpc) is 3.42. The lowest BCUT2D eigenvalue weighted by Gasteiger charge is -2.28. The highest BCUT2D eigenvalue weighted by molar-refractivity contribution is 6.33. The van der Waals surface area contributed by atoms with E-state index >= 15 is 0 Å². The van der Waals surface area contributed by atoms with Crippen molar-refractivity contribution in [1.82, 2.24) is 15.1 Å². The minimum atomic E-state index is -0.966. The number of halogens is 1. The molecule has 0 aliphatic carbocycles. The Bertz CT molecular complexity index is 1630. The molecular weight excluding hydrogens is 538 g/mol. The number of aryl methyl sites for hydroxylation is 1. The number of nitrogens with one attached hydrogen (secondary N) is 2. The van der Waals surface area contributed by atoms with Gasteiger partial charge in [-0.15, -0.1) is 0 Å². The van der Waals surface area contributed by atoms with E-state index < -0.39 is 23.8 Å². The molecule has 2 heterocycles. The summed E-state index contributed by atoms with van der Waals surface area (Å²) in [5, 5.41) is 22.6. The van der Waals surface area contributed by atoms with Crippen LogP contribution in [-0.4, -0.2) is 27.6 Å². The number of pyridine rings is 1. The number of hydrogen-bond acceptors (Lipinski definition) is 4. The lowest BCUT2D eigenvalue weighted by molar-refractivity contribution is -0.611. The van der Waals surface area contributed by atoms with E-state index in [0.29, 0.717) is 27.7 Å². The Hall–Kier alpha value is -4.95. The molecule has 2 N–H and O–H groups in total. The van der Waals surface area contributed by atoms with Gasteiger partial charge in [0.2, 0.25) is 5.91 Å². The highest BCUT2D eigenvalue weighted by atomic mass is 35.5. The molecule has 0 bridgehead atoms. The number of carbonyl (C=O) groups excluding carboxylic acids is 2. The van der Waals surface area contributed by atoms with Crippen LogP contribution in [-0.2, 0) is 11.8 Å². The van der Waals surface area contributed by atoms with Gasteiger partial charge in [0.25, 0.3) is 5.91 Å². The summed E-state index contributed by atoms with van der Waals surface area (Å²) >= 11 is 6.39. The van der Waals surface area contributed by atoms with Crippen LogP contribution >= 0.6 is 11.6 Å². The summed E-state index contributed by atoms with van der Waals surface area (Å²) in [5.74, 6) is -1.29. The van der Waals surface area contributed by atoms with E-state index in [0.717, 1.165) is 21.4 Å². The topological polar surface area (TPSA) is 103 Å². The van der Waals surface area contributed by atoms with Crippen molar-refractivity contribution in [3.8, 4) is 11.1 Å². The molecule has 0 radical (unpaired) electrons. The predicted octanol–water partition coefficient (Wildman–Crippen LogP) is 5.25. The molecule has 0 saturated carbocycles. The molecule has 0 saturated heterocycles. The van der Waals surface area contributed by atoms with Crippen LogP contribution in [0, 0.1) is 12.1 Å². The van der Waals surface area contributed by atoms with Crippen LogP contribution in [0.15, 0.2) is 109 Å². The molecule has 41 heavy (non-hydrogen) atoms. The van der Waals surface area contributed by atoms with Crippen molar-refractivity contribution in [1.29, 1.82) is 0 Å². The summed E-state index contributed by atoms with van der Waals surface area (Å²) in [6, 6.07) is 28.5. The number of aromatic nitrogens is 3. The molecule has 5 rings (SSSR count). The maximum absolute atomic E-state index is 14.0. The Morgan fingerprint density at radius 2 is 1.51 bits per heavy atom. The number of benzene rings is 3. The fourth-order valence-electron chi connectivity index (χ4n) is 4.91. The van der Waals surface area contributed by atoms with E-state index in [1.807, 2.05) is 60.7 Å². The highest BCUT2D eigenvalue weighted by Gasteiger charge is 2.33. The van der Waals surface area contributed by atoms with Crippen molar-refractivity contribution >= 4 is 29.1 Å². The Kier molecular flexibility index (Phi) is 8.12. The van der Waals surface area contributed by atoms with Crippen LogP contribution in [0.5, 0.6) is 0 Å². The first-order valence-electron chi connectivity index (χ1n) is 13.0. The average molecular weight is 566 g/mol. The number of rotatable bonds is 8. The van der Waals surface area contributed by atoms with Crippen molar-refractivity contribution in [2.24, 2.45) is 7.05 Å². The van der Waals surface area contributed by atoms with Crippen molar-refractivity contribution in [2.75, 3.05) is 5.32 Å². The largest absolute Gasteiger partial charge is 0.618 e. The summed E-state index contributed by atoms with van der Waals surface area (Å²) in [4.78, 5) is 27.3. The molecule has 9 heteroatoms. The number of nitrogens with zero attached hydrogens (tertiary/aromatic N) is 3. The first-order valence-corrected chi connectivity index (χ1v) is 13.4. The molecule has 206 valence electrons. The molecule has 0 aliphatic heterocycles. The molecular formula is C32H28ClN5O3. The van der Waals surface area contributed by atoms with Crippen molar-refractivity contribution < 1.29 is 14.3 Å². The summed E-state index contributed by atoms with van der Waals surface area (Å²) in [6.07, 6.45) is 2.90. The zero-order valence-corrected chi connectivity index (χ0v) is 23.2. The number of carbonyl (C=O) groups is 2. The van der Waals surface area contributed by atoms with E-state index in [1.54, 1.807) is 50.4 Å². The third-order valence-electron chi connectivity index (χ3n) is 7.00. The Balaban J connectivity index is 1.49. The molecule has 5 aromatic rings. The van der Waals surface area contributed by atoms with Gasteiger partial charge in [-0.2, -0.15) is 9.83 Å². The fraction of sp³-hybridized carbons (Fsp3) is 0.125. The van der Waals surface area contributed by atoms with Crippen molar-refractivity contribution in [3.05, 3.63) is 142 Å². The summed E-state index contributed by atoms with van der Waals surface area (Å²) in [6.45, 7) is 1.70. The van der Waals surface area contributed by atoms with Crippen molar-refractivity contribution in [2.45, 2.75) is 18.9 Å². The molecule has 2 aromatic heterocycles.